The molecular weight excluding hydrogens is 399 g/mol. The van der Waals surface area contributed by atoms with E-state index < -0.39 is 10.0 Å². The zero-order valence-electron chi connectivity index (χ0n) is 13.6. The molecule has 3 rings (SSSR count). The van der Waals surface area contributed by atoms with Crippen LogP contribution in [0.15, 0.2) is 47.4 Å². The average Bonchev–Trinajstić information content (AvgIpc) is 2.64. The van der Waals surface area contributed by atoms with Gasteiger partial charge in [-0.3, -0.25) is 9.52 Å². The number of hydrogen-bond donors (Lipinski definition) is 1. The van der Waals surface area contributed by atoms with Crippen LogP contribution >= 0.6 is 23.2 Å². The summed E-state index contributed by atoms with van der Waals surface area (Å²) in [5.41, 5.74) is 0.441. The summed E-state index contributed by atoms with van der Waals surface area (Å²) in [7, 11) is -4.02. The van der Waals surface area contributed by atoms with Gasteiger partial charge in [0.05, 0.1) is 29.5 Å². The summed E-state index contributed by atoms with van der Waals surface area (Å²) < 4.78 is 33.1. The van der Waals surface area contributed by atoms with Gasteiger partial charge in [-0.05, 0) is 30.3 Å². The third kappa shape index (κ3) is 4.12. The maximum Gasteiger partial charge on any atom is 0.263 e. The van der Waals surface area contributed by atoms with Gasteiger partial charge in [0, 0.05) is 18.1 Å². The quantitative estimate of drug-likeness (QED) is 0.832. The van der Waals surface area contributed by atoms with E-state index in [2.05, 4.69) is 4.72 Å². The molecule has 0 atom stereocenters. The third-order valence-electron chi connectivity index (χ3n) is 3.88. The number of para-hydroxylation sites is 1. The third-order valence-corrected chi connectivity index (χ3v) is 5.97. The maximum absolute atomic E-state index is 12.8. The number of morpholine rings is 1. The molecule has 1 fully saturated rings. The van der Waals surface area contributed by atoms with E-state index in [1.165, 1.54) is 24.3 Å². The lowest BCUT2D eigenvalue weighted by Gasteiger charge is -2.27. The highest BCUT2D eigenvalue weighted by Gasteiger charge is 2.24. The summed E-state index contributed by atoms with van der Waals surface area (Å²) in [6.07, 6.45) is 0. The van der Waals surface area contributed by atoms with Crippen LogP contribution in [0.5, 0.6) is 0 Å². The van der Waals surface area contributed by atoms with E-state index in [-0.39, 0.29) is 32.1 Å². The Labute approximate surface area is 161 Å². The molecule has 2 aromatic carbocycles. The Bertz CT molecular complexity index is 928. The molecule has 0 aliphatic carbocycles. The highest BCUT2D eigenvalue weighted by molar-refractivity contribution is 7.92. The van der Waals surface area contributed by atoms with Gasteiger partial charge >= 0.3 is 0 Å². The number of nitrogens with zero attached hydrogens (tertiary/aromatic N) is 1. The molecule has 1 saturated heterocycles. The number of benzene rings is 2. The van der Waals surface area contributed by atoms with Gasteiger partial charge in [0.25, 0.3) is 15.9 Å². The summed E-state index contributed by atoms with van der Waals surface area (Å²) in [5, 5.41) is 0.284. The number of carbonyl (C=O) groups excluding carboxylic acids is 1. The van der Waals surface area contributed by atoms with Crippen molar-refractivity contribution < 1.29 is 17.9 Å². The summed E-state index contributed by atoms with van der Waals surface area (Å²) in [5.74, 6) is -0.260. The van der Waals surface area contributed by atoms with Crippen molar-refractivity contribution in [1.82, 2.24) is 4.90 Å². The second kappa shape index (κ2) is 7.84. The molecule has 0 unspecified atom stereocenters. The highest BCUT2D eigenvalue weighted by Crippen LogP contribution is 2.28. The van der Waals surface area contributed by atoms with Gasteiger partial charge in [0.2, 0.25) is 0 Å². The van der Waals surface area contributed by atoms with E-state index in [1.807, 2.05) is 0 Å². The number of ether oxygens (including phenoxy) is 1. The average molecular weight is 415 g/mol. The number of sulfonamides is 1. The van der Waals surface area contributed by atoms with Gasteiger partial charge in [0.1, 0.15) is 4.90 Å². The van der Waals surface area contributed by atoms with E-state index >= 15 is 0 Å². The topological polar surface area (TPSA) is 75.7 Å². The number of amides is 1. The smallest absolute Gasteiger partial charge is 0.263 e. The molecule has 1 heterocycles. The summed E-state index contributed by atoms with van der Waals surface area (Å²) in [6.45, 7) is 1.83. The van der Waals surface area contributed by atoms with Crippen molar-refractivity contribution in [2.75, 3.05) is 31.0 Å². The fraction of sp³-hybridized carbons (Fsp3) is 0.235. The monoisotopic (exact) mass is 414 g/mol. The Morgan fingerprint density at radius 1 is 1.08 bits per heavy atom. The lowest BCUT2D eigenvalue weighted by molar-refractivity contribution is 0.0303. The molecule has 9 heteroatoms. The van der Waals surface area contributed by atoms with E-state index in [0.29, 0.717) is 26.3 Å². The van der Waals surface area contributed by atoms with E-state index in [1.54, 1.807) is 23.1 Å². The number of halogens is 2. The minimum absolute atomic E-state index is 0.0406. The molecule has 138 valence electrons. The van der Waals surface area contributed by atoms with Gasteiger partial charge in [-0.2, -0.15) is 0 Å². The molecule has 1 N–H and O–H groups in total. The molecular formula is C17H16Cl2N2O4S. The molecule has 1 amide bonds. The molecule has 2 aromatic rings. The largest absolute Gasteiger partial charge is 0.378 e. The number of anilines is 1. The van der Waals surface area contributed by atoms with E-state index in [9.17, 15) is 13.2 Å². The first-order valence-electron chi connectivity index (χ1n) is 7.82. The number of nitrogens with one attached hydrogen (secondary N) is 1. The second-order valence-electron chi connectivity index (χ2n) is 5.63. The zero-order chi connectivity index (χ0) is 18.7. The molecule has 0 radical (unpaired) electrons. The number of hydrogen-bond acceptors (Lipinski definition) is 4. The Balaban J connectivity index is 1.93. The normalized spacial score (nSPS) is 14.9. The lowest BCUT2D eigenvalue weighted by Crippen LogP contribution is -2.41. The van der Waals surface area contributed by atoms with Crippen molar-refractivity contribution in [2.45, 2.75) is 4.90 Å². The zero-order valence-corrected chi connectivity index (χ0v) is 15.9. The Morgan fingerprint density at radius 2 is 1.77 bits per heavy atom. The molecule has 6 nitrogen and oxygen atoms in total. The van der Waals surface area contributed by atoms with Crippen molar-refractivity contribution >= 4 is 44.8 Å². The van der Waals surface area contributed by atoms with E-state index in [4.69, 9.17) is 27.9 Å². The Morgan fingerprint density at radius 3 is 2.50 bits per heavy atom. The van der Waals surface area contributed by atoms with Crippen LogP contribution in [0, 0.1) is 0 Å². The molecule has 0 spiro atoms. The Kier molecular flexibility index (Phi) is 5.72. The maximum atomic E-state index is 12.8. The van der Waals surface area contributed by atoms with E-state index in [0.717, 1.165) is 0 Å². The second-order valence-corrected chi connectivity index (χ2v) is 8.12. The van der Waals surface area contributed by atoms with Gasteiger partial charge in [-0.25, -0.2) is 8.42 Å². The first kappa shape index (κ1) is 19.0. The lowest BCUT2D eigenvalue weighted by atomic mass is 10.1. The summed E-state index contributed by atoms with van der Waals surface area (Å²) in [4.78, 5) is 14.2. The van der Waals surface area contributed by atoms with Gasteiger partial charge in [-0.15, -0.1) is 0 Å². The van der Waals surface area contributed by atoms with Crippen LogP contribution in [-0.4, -0.2) is 45.5 Å². The minimum atomic E-state index is -4.02. The highest BCUT2D eigenvalue weighted by atomic mass is 35.5. The summed E-state index contributed by atoms with van der Waals surface area (Å²) in [6, 6.07) is 10.6. The van der Waals surface area contributed by atoms with Crippen molar-refractivity contribution in [2.24, 2.45) is 0 Å². The van der Waals surface area contributed by atoms with Crippen LogP contribution in [0.25, 0.3) is 0 Å². The van der Waals surface area contributed by atoms with Crippen LogP contribution in [0.2, 0.25) is 10.0 Å². The molecule has 0 aromatic heterocycles. The summed E-state index contributed by atoms with van der Waals surface area (Å²) >= 11 is 11.9. The fourth-order valence-electron chi connectivity index (χ4n) is 2.58. The Hall–Kier alpha value is -1.80. The SMILES string of the molecule is O=C(c1ccccc1NS(=O)(=O)c1cc(Cl)ccc1Cl)N1CCOCC1. The number of rotatable bonds is 4. The van der Waals surface area contributed by atoms with Crippen LogP contribution in [0.1, 0.15) is 10.4 Å². The van der Waals surface area contributed by atoms with Gasteiger partial charge in [-0.1, -0.05) is 35.3 Å². The van der Waals surface area contributed by atoms with Crippen molar-refractivity contribution in [1.29, 1.82) is 0 Å². The molecule has 26 heavy (non-hydrogen) atoms. The van der Waals surface area contributed by atoms with Gasteiger partial charge in [0.15, 0.2) is 0 Å². The molecule has 0 saturated carbocycles. The van der Waals surface area contributed by atoms with Crippen molar-refractivity contribution in [3.8, 4) is 0 Å². The van der Waals surface area contributed by atoms with Crippen molar-refractivity contribution in [3.63, 3.8) is 0 Å². The molecule has 1 aliphatic heterocycles. The fourth-order valence-corrected chi connectivity index (χ4v) is 4.42. The van der Waals surface area contributed by atoms with Crippen LogP contribution in [0.4, 0.5) is 5.69 Å². The molecule has 1 aliphatic rings. The number of carbonyl (C=O) groups is 1. The van der Waals surface area contributed by atoms with Crippen LogP contribution < -0.4 is 4.72 Å². The first-order valence-corrected chi connectivity index (χ1v) is 10.1. The predicted octanol–water partition coefficient (Wildman–Crippen LogP) is 3.27. The van der Waals surface area contributed by atoms with Crippen molar-refractivity contribution in [3.05, 3.63) is 58.1 Å². The minimum Gasteiger partial charge on any atom is -0.378 e. The van der Waals surface area contributed by atoms with Gasteiger partial charge < -0.3 is 9.64 Å². The molecule has 0 bridgehead atoms. The van der Waals surface area contributed by atoms with Crippen LogP contribution in [-0.2, 0) is 14.8 Å². The van der Waals surface area contributed by atoms with Crippen LogP contribution in [0.3, 0.4) is 0 Å². The first-order chi connectivity index (χ1) is 12.4. The standard InChI is InChI=1S/C17H16Cl2N2O4S/c18-12-5-6-14(19)16(11-12)26(23,24)20-15-4-2-1-3-13(15)17(22)21-7-9-25-10-8-21/h1-6,11,20H,7-10H2. The predicted molar refractivity (Wildman–Crippen MR) is 100 cm³/mol.